The second kappa shape index (κ2) is 7.40. The van der Waals surface area contributed by atoms with E-state index in [0.717, 1.165) is 11.3 Å². The van der Waals surface area contributed by atoms with E-state index in [2.05, 4.69) is 14.9 Å². The molecule has 1 atom stereocenters. The number of methoxy groups -OCH3 is 1. The Morgan fingerprint density at radius 3 is 2.29 bits per heavy atom. The van der Waals surface area contributed by atoms with Crippen LogP contribution in [0.2, 0.25) is 0 Å². The zero-order chi connectivity index (χ0) is 20.6. The molecule has 0 saturated heterocycles. The molecule has 0 aliphatic rings. The first-order valence-corrected chi connectivity index (χ1v) is 10.3. The Morgan fingerprint density at radius 2 is 1.75 bits per heavy atom. The van der Waals surface area contributed by atoms with Crippen molar-refractivity contribution in [3.05, 3.63) is 47.1 Å². The predicted molar refractivity (Wildman–Crippen MR) is 105 cm³/mol. The molecule has 0 fully saturated rings. The van der Waals surface area contributed by atoms with Crippen LogP contribution in [0.1, 0.15) is 35.8 Å². The molecule has 1 unspecified atom stereocenters. The first-order chi connectivity index (χ1) is 13.2. The van der Waals surface area contributed by atoms with Gasteiger partial charge in [0.1, 0.15) is 10.6 Å². The lowest BCUT2D eigenvalue weighted by molar-refractivity contribution is 0.414. The summed E-state index contributed by atoms with van der Waals surface area (Å²) in [6.45, 7) is 7.04. The normalized spacial score (nSPS) is 12.9. The van der Waals surface area contributed by atoms with Gasteiger partial charge in [0.05, 0.1) is 12.7 Å². The molecule has 9 heteroatoms. The fraction of sp³-hybridized carbons (Fsp3) is 0.368. The van der Waals surface area contributed by atoms with Crippen LogP contribution in [0.25, 0.3) is 11.5 Å². The molecule has 0 radical (unpaired) electrons. The quantitative estimate of drug-likeness (QED) is 0.678. The largest absolute Gasteiger partial charge is 0.497 e. The molecule has 1 N–H and O–H groups in total. The summed E-state index contributed by atoms with van der Waals surface area (Å²) in [7, 11) is -0.461. The monoisotopic (exact) mass is 404 g/mol. The molecule has 0 aliphatic heterocycles. The van der Waals surface area contributed by atoms with E-state index in [1.54, 1.807) is 40.0 Å². The van der Waals surface area contributed by atoms with Crippen LogP contribution in [-0.2, 0) is 17.1 Å². The van der Waals surface area contributed by atoms with E-state index in [-0.39, 0.29) is 10.8 Å². The van der Waals surface area contributed by atoms with Gasteiger partial charge < -0.3 is 13.7 Å². The Kier molecular flexibility index (Phi) is 5.31. The molecule has 150 valence electrons. The van der Waals surface area contributed by atoms with Gasteiger partial charge in [0.25, 0.3) is 5.89 Å². The number of ether oxygens (including phenoxy) is 1. The highest BCUT2D eigenvalue weighted by Gasteiger charge is 2.31. The topological polar surface area (TPSA) is 99.2 Å². The lowest BCUT2D eigenvalue weighted by atomic mass is 10.1. The molecule has 2 heterocycles. The lowest BCUT2D eigenvalue weighted by Gasteiger charge is -2.16. The van der Waals surface area contributed by atoms with Crippen LogP contribution >= 0.6 is 0 Å². The molecular formula is C19H24N4O4S. The molecule has 0 amide bonds. The van der Waals surface area contributed by atoms with E-state index >= 15 is 0 Å². The standard InChI is InChI=1S/C19H24N4O4S/c1-11(15-7-9-16(26-6)10-8-15)22-28(24,25)18-13(3)23(5)12(2)17(18)19-21-20-14(4)27-19/h7-11,22H,1-6H3. The molecule has 1 aromatic carbocycles. The minimum absolute atomic E-state index is 0.150. The van der Waals surface area contributed by atoms with E-state index in [1.807, 2.05) is 30.7 Å². The Bertz CT molecular complexity index is 1100. The number of benzene rings is 1. The minimum atomic E-state index is -3.86. The SMILES string of the molecule is COc1ccc(C(C)NS(=O)(=O)c2c(-c3nnc(C)o3)c(C)n(C)c2C)cc1. The van der Waals surface area contributed by atoms with E-state index in [1.165, 1.54) is 0 Å². The summed E-state index contributed by atoms with van der Waals surface area (Å²) in [5, 5.41) is 7.86. The highest BCUT2D eigenvalue weighted by atomic mass is 32.2. The van der Waals surface area contributed by atoms with Crippen molar-refractivity contribution in [2.75, 3.05) is 7.11 Å². The number of hydrogen-bond acceptors (Lipinski definition) is 6. The average molecular weight is 404 g/mol. The van der Waals surface area contributed by atoms with E-state index in [9.17, 15) is 8.42 Å². The second-order valence-corrected chi connectivity index (χ2v) is 8.33. The lowest BCUT2D eigenvalue weighted by Crippen LogP contribution is -2.27. The Labute approximate surface area is 164 Å². The molecule has 0 aliphatic carbocycles. The third-order valence-electron chi connectivity index (χ3n) is 4.88. The van der Waals surface area contributed by atoms with Crippen molar-refractivity contribution in [1.82, 2.24) is 19.5 Å². The summed E-state index contributed by atoms with van der Waals surface area (Å²) in [4.78, 5) is 0.150. The number of sulfonamides is 1. The maximum absolute atomic E-state index is 13.3. The van der Waals surface area contributed by atoms with Crippen molar-refractivity contribution in [3.63, 3.8) is 0 Å². The summed E-state index contributed by atoms with van der Waals surface area (Å²) in [6.07, 6.45) is 0. The van der Waals surface area contributed by atoms with Gasteiger partial charge in [-0.3, -0.25) is 0 Å². The summed E-state index contributed by atoms with van der Waals surface area (Å²) in [5.41, 5.74) is 2.58. The molecule has 0 saturated carbocycles. The highest BCUT2D eigenvalue weighted by Crippen LogP contribution is 2.35. The van der Waals surface area contributed by atoms with Crippen molar-refractivity contribution >= 4 is 10.0 Å². The zero-order valence-corrected chi connectivity index (χ0v) is 17.6. The second-order valence-electron chi connectivity index (χ2n) is 6.68. The summed E-state index contributed by atoms with van der Waals surface area (Å²) in [5.74, 6) is 1.28. The van der Waals surface area contributed by atoms with Gasteiger partial charge in [0.2, 0.25) is 15.9 Å². The maximum atomic E-state index is 13.3. The Morgan fingerprint density at radius 1 is 1.11 bits per heavy atom. The van der Waals surface area contributed by atoms with Crippen LogP contribution in [0.4, 0.5) is 0 Å². The number of nitrogens with one attached hydrogen (secondary N) is 1. The van der Waals surface area contributed by atoms with Crippen LogP contribution in [0, 0.1) is 20.8 Å². The van der Waals surface area contributed by atoms with Crippen molar-refractivity contribution in [3.8, 4) is 17.2 Å². The fourth-order valence-corrected chi connectivity index (χ4v) is 4.90. The number of nitrogens with zero attached hydrogens (tertiary/aromatic N) is 3. The maximum Gasteiger partial charge on any atom is 0.250 e. The third-order valence-corrected chi connectivity index (χ3v) is 6.58. The van der Waals surface area contributed by atoms with Gasteiger partial charge in [-0.15, -0.1) is 10.2 Å². The first-order valence-electron chi connectivity index (χ1n) is 8.78. The van der Waals surface area contributed by atoms with Crippen molar-refractivity contribution < 1.29 is 17.6 Å². The predicted octanol–water partition coefficient (Wildman–Crippen LogP) is 3.05. The molecule has 0 spiro atoms. The van der Waals surface area contributed by atoms with Crippen LogP contribution in [0.5, 0.6) is 5.75 Å². The van der Waals surface area contributed by atoms with Gasteiger partial charge in [0.15, 0.2) is 0 Å². The Hall–Kier alpha value is -2.65. The number of rotatable bonds is 6. The number of hydrogen-bond donors (Lipinski definition) is 1. The number of aromatic nitrogens is 3. The third kappa shape index (κ3) is 3.55. The smallest absolute Gasteiger partial charge is 0.250 e. The summed E-state index contributed by atoms with van der Waals surface area (Å²) < 4.78 is 41.8. The van der Waals surface area contributed by atoms with Crippen molar-refractivity contribution in [2.45, 2.75) is 38.6 Å². The first kappa shape index (κ1) is 20.1. The van der Waals surface area contributed by atoms with Crippen LogP contribution in [0.15, 0.2) is 33.6 Å². The minimum Gasteiger partial charge on any atom is -0.497 e. The Balaban J connectivity index is 2.03. The van der Waals surface area contributed by atoms with E-state index in [4.69, 9.17) is 9.15 Å². The molecule has 0 bridgehead atoms. The van der Waals surface area contributed by atoms with Crippen LogP contribution in [-0.4, -0.2) is 30.3 Å². The van der Waals surface area contributed by atoms with E-state index in [0.29, 0.717) is 22.9 Å². The highest BCUT2D eigenvalue weighted by molar-refractivity contribution is 7.89. The average Bonchev–Trinajstić information content (AvgIpc) is 3.18. The fourth-order valence-electron chi connectivity index (χ4n) is 3.15. The summed E-state index contributed by atoms with van der Waals surface area (Å²) in [6, 6.07) is 6.82. The van der Waals surface area contributed by atoms with Gasteiger partial charge in [-0.1, -0.05) is 12.1 Å². The molecule has 3 rings (SSSR count). The van der Waals surface area contributed by atoms with Crippen molar-refractivity contribution in [1.29, 1.82) is 0 Å². The zero-order valence-electron chi connectivity index (χ0n) is 16.8. The molecular weight excluding hydrogens is 380 g/mol. The van der Waals surface area contributed by atoms with Crippen LogP contribution in [0.3, 0.4) is 0 Å². The molecule has 3 aromatic rings. The van der Waals surface area contributed by atoms with Gasteiger partial charge in [-0.25, -0.2) is 13.1 Å². The van der Waals surface area contributed by atoms with E-state index < -0.39 is 16.1 Å². The van der Waals surface area contributed by atoms with Gasteiger partial charge in [-0.05, 0) is 38.5 Å². The van der Waals surface area contributed by atoms with Gasteiger partial charge in [-0.2, -0.15) is 0 Å². The van der Waals surface area contributed by atoms with Gasteiger partial charge >= 0.3 is 0 Å². The van der Waals surface area contributed by atoms with Crippen molar-refractivity contribution in [2.24, 2.45) is 7.05 Å². The summed E-state index contributed by atoms with van der Waals surface area (Å²) >= 11 is 0. The van der Waals surface area contributed by atoms with Gasteiger partial charge in [0, 0.05) is 31.4 Å². The number of aryl methyl sites for hydroxylation is 1. The molecule has 28 heavy (non-hydrogen) atoms. The molecule has 8 nitrogen and oxygen atoms in total. The van der Waals surface area contributed by atoms with Crippen LogP contribution < -0.4 is 9.46 Å². The molecule has 2 aromatic heterocycles.